The van der Waals surface area contributed by atoms with Crippen LogP contribution in [0.1, 0.15) is 40.5 Å². The first-order chi connectivity index (χ1) is 19.9. The number of hydrogen-bond acceptors (Lipinski definition) is 6. The van der Waals surface area contributed by atoms with Gasteiger partial charge in [0.2, 0.25) is 0 Å². The molecule has 0 spiro atoms. The Kier molecular flexibility index (Phi) is 7.34. The predicted octanol–water partition coefficient (Wildman–Crippen LogP) is 7.38. The summed E-state index contributed by atoms with van der Waals surface area (Å²) in [6.45, 7) is 4.91. The molecule has 1 aliphatic heterocycles. The van der Waals surface area contributed by atoms with Gasteiger partial charge in [0.25, 0.3) is 5.69 Å². The van der Waals surface area contributed by atoms with Crippen molar-refractivity contribution >= 4 is 40.5 Å². The number of nitro groups is 1. The number of furan rings is 1. The topological polar surface area (TPSA) is 89.4 Å². The average molecular weight is 582 g/mol. The minimum absolute atomic E-state index is 0.0803. The summed E-state index contributed by atoms with van der Waals surface area (Å²) in [4.78, 5) is 19.4. The van der Waals surface area contributed by atoms with Gasteiger partial charge in [0.15, 0.2) is 5.11 Å². The van der Waals surface area contributed by atoms with Crippen molar-refractivity contribution in [2.45, 2.75) is 42.3 Å². The van der Waals surface area contributed by atoms with E-state index in [1.54, 1.807) is 30.2 Å². The number of pyridine rings is 1. The number of benzene rings is 2. The monoisotopic (exact) mass is 581 g/mol. The summed E-state index contributed by atoms with van der Waals surface area (Å²) < 4.78 is 7.91. The zero-order valence-corrected chi connectivity index (χ0v) is 24.1. The number of nitro benzene ring substituents is 1. The predicted molar refractivity (Wildman–Crippen MR) is 163 cm³/mol. The molecule has 8 nitrogen and oxygen atoms in total. The third kappa shape index (κ3) is 5.36. The van der Waals surface area contributed by atoms with Gasteiger partial charge in [0, 0.05) is 45.2 Å². The summed E-state index contributed by atoms with van der Waals surface area (Å²) in [5, 5.41) is 15.2. The third-order valence-electron chi connectivity index (χ3n) is 7.32. The van der Waals surface area contributed by atoms with Crippen molar-refractivity contribution in [1.82, 2.24) is 14.9 Å². The fourth-order valence-corrected chi connectivity index (χ4v) is 6.49. The zero-order valence-electron chi connectivity index (χ0n) is 22.4. The summed E-state index contributed by atoms with van der Waals surface area (Å²) in [5.74, 6) is 0.901. The summed E-state index contributed by atoms with van der Waals surface area (Å²) in [6, 6.07) is 26.6. The van der Waals surface area contributed by atoms with Crippen LogP contribution in [-0.2, 0) is 6.54 Å². The van der Waals surface area contributed by atoms with Gasteiger partial charge >= 0.3 is 0 Å². The quantitative estimate of drug-likeness (QED) is 0.115. The minimum Gasteiger partial charge on any atom is -0.467 e. The molecule has 2 unspecified atom stereocenters. The smallest absolute Gasteiger partial charge is 0.269 e. The maximum atomic E-state index is 11.0. The summed E-state index contributed by atoms with van der Waals surface area (Å²) in [7, 11) is 0. The molecule has 1 saturated heterocycles. The highest BCUT2D eigenvalue weighted by molar-refractivity contribution is 7.99. The first-order valence-electron chi connectivity index (χ1n) is 13.1. The second-order valence-corrected chi connectivity index (χ2v) is 11.4. The Morgan fingerprint density at radius 3 is 2.39 bits per heavy atom. The molecule has 0 radical (unpaired) electrons. The SMILES string of the molecule is Cc1cc(C2C(c3ccccn3)NC(=S)N2c2ccc(Sc3ccc([N+](=O)[O-])cc3)cc2)c(C)n1Cc1ccco1. The summed E-state index contributed by atoms with van der Waals surface area (Å²) >= 11 is 7.48. The van der Waals surface area contributed by atoms with Crippen LogP contribution in [0.4, 0.5) is 11.4 Å². The van der Waals surface area contributed by atoms with Crippen molar-refractivity contribution in [3.05, 3.63) is 136 Å². The first kappa shape index (κ1) is 26.8. The first-order valence-corrected chi connectivity index (χ1v) is 14.3. The molecule has 1 fully saturated rings. The highest BCUT2D eigenvalue weighted by Gasteiger charge is 2.42. The lowest BCUT2D eigenvalue weighted by atomic mass is 9.96. The molecule has 2 aromatic carbocycles. The van der Waals surface area contributed by atoms with Gasteiger partial charge in [-0.2, -0.15) is 0 Å². The van der Waals surface area contributed by atoms with Crippen LogP contribution in [0, 0.1) is 24.0 Å². The average Bonchev–Trinajstić information content (AvgIpc) is 3.69. The van der Waals surface area contributed by atoms with Gasteiger partial charge in [-0.3, -0.25) is 15.1 Å². The molecule has 3 aromatic heterocycles. The van der Waals surface area contributed by atoms with Gasteiger partial charge in [0.05, 0.1) is 35.5 Å². The Morgan fingerprint density at radius 1 is 1.02 bits per heavy atom. The van der Waals surface area contributed by atoms with Gasteiger partial charge in [-0.1, -0.05) is 17.8 Å². The Hall–Kier alpha value is -4.41. The lowest BCUT2D eigenvalue weighted by Crippen LogP contribution is -2.29. The molecule has 5 aromatic rings. The van der Waals surface area contributed by atoms with E-state index >= 15 is 0 Å². The number of anilines is 1. The molecule has 0 bridgehead atoms. The molecule has 2 atom stereocenters. The molecule has 0 amide bonds. The number of non-ortho nitro benzene ring substituents is 1. The van der Waals surface area contributed by atoms with E-state index in [0.29, 0.717) is 11.7 Å². The number of rotatable bonds is 8. The molecule has 1 aliphatic rings. The summed E-state index contributed by atoms with van der Waals surface area (Å²) in [6.07, 6.45) is 3.51. The Balaban J connectivity index is 1.34. The second kappa shape index (κ2) is 11.2. The van der Waals surface area contributed by atoms with E-state index in [0.717, 1.165) is 38.3 Å². The number of aromatic nitrogens is 2. The second-order valence-electron chi connectivity index (χ2n) is 9.84. The van der Waals surface area contributed by atoms with Crippen LogP contribution < -0.4 is 10.2 Å². The summed E-state index contributed by atoms with van der Waals surface area (Å²) in [5.41, 5.74) is 5.42. The molecule has 0 saturated carbocycles. The van der Waals surface area contributed by atoms with Crippen LogP contribution in [0.5, 0.6) is 0 Å². The van der Waals surface area contributed by atoms with Crippen LogP contribution >= 0.6 is 24.0 Å². The van der Waals surface area contributed by atoms with Crippen LogP contribution in [0.2, 0.25) is 0 Å². The van der Waals surface area contributed by atoms with Crippen LogP contribution in [-0.4, -0.2) is 19.6 Å². The maximum Gasteiger partial charge on any atom is 0.269 e. The van der Waals surface area contributed by atoms with Crippen LogP contribution in [0.15, 0.2) is 112 Å². The highest BCUT2D eigenvalue weighted by atomic mass is 32.2. The fourth-order valence-electron chi connectivity index (χ4n) is 5.32. The van der Waals surface area contributed by atoms with Gasteiger partial charge < -0.3 is 19.2 Å². The van der Waals surface area contributed by atoms with Crippen molar-refractivity contribution in [2.75, 3.05) is 4.90 Å². The van der Waals surface area contributed by atoms with Crippen molar-refractivity contribution in [1.29, 1.82) is 0 Å². The molecule has 4 heterocycles. The number of aryl methyl sites for hydroxylation is 1. The van der Waals surface area contributed by atoms with Crippen LogP contribution in [0.25, 0.3) is 0 Å². The lowest BCUT2D eigenvalue weighted by Gasteiger charge is -2.28. The fraction of sp³-hybridized carbons (Fsp3) is 0.161. The molecular weight excluding hydrogens is 555 g/mol. The maximum absolute atomic E-state index is 11.0. The van der Waals surface area contributed by atoms with Crippen molar-refractivity contribution in [3.8, 4) is 0 Å². The van der Waals surface area contributed by atoms with Gasteiger partial charge in [-0.15, -0.1) is 0 Å². The van der Waals surface area contributed by atoms with E-state index in [9.17, 15) is 10.1 Å². The largest absolute Gasteiger partial charge is 0.467 e. The van der Waals surface area contributed by atoms with Crippen molar-refractivity contribution in [3.63, 3.8) is 0 Å². The molecule has 10 heteroatoms. The molecule has 6 rings (SSSR count). The molecule has 0 aliphatic carbocycles. The van der Waals surface area contributed by atoms with Crippen molar-refractivity contribution in [2.24, 2.45) is 0 Å². The Labute approximate surface area is 247 Å². The van der Waals surface area contributed by atoms with E-state index in [2.05, 4.69) is 63.9 Å². The molecule has 1 N–H and O–H groups in total. The number of nitrogens with one attached hydrogen (secondary N) is 1. The van der Waals surface area contributed by atoms with Gasteiger partial charge in [-0.25, -0.2) is 0 Å². The number of hydrogen-bond donors (Lipinski definition) is 1. The zero-order chi connectivity index (χ0) is 28.5. The van der Waals surface area contributed by atoms with Crippen LogP contribution in [0.3, 0.4) is 0 Å². The number of nitrogens with zero attached hydrogens (tertiary/aromatic N) is 4. The number of thiocarbonyl (C=S) groups is 1. The minimum atomic E-state index is -0.390. The van der Waals surface area contributed by atoms with Gasteiger partial charge in [0.1, 0.15) is 5.76 Å². The van der Waals surface area contributed by atoms with Crippen molar-refractivity contribution < 1.29 is 9.34 Å². The van der Waals surface area contributed by atoms with E-state index in [1.165, 1.54) is 17.7 Å². The normalized spacial score (nSPS) is 16.6. The molecule has 41 heavy (non-hydrogen) atoms. The van der Waals surface area contributed by atoms with E-state index in [4.69, 9.17) is 16.6 Å². The third-order valence-corrected chi connectivity index (χ3v) is 8.65. The highest BCUT2D eigenvalue weighted by Crippen LogP contribution is 2.44. The van der Waals surface area contributed by atoms with Gasteiger partial charge in [-0.05, 0) is 98.4 Å². The molecular formula is C31H27N5O3S2. The Morgan fingerprint density at radius 2 is 1.76 bits per heavy atom. The standard InChI is InChI=1S/C31H27N5O3S2/c1-20-18-27(21(2)34(20)19-24-6-5-17-39-24)30-29(28-7-3-4-16-32-28)33-31(40)35(30)22-8-12-25(13-9-22)41-26-14-10-23(11-15-26)36(37)38/h3-18,29-30H,19H2,1-2H3,(H,33,40). The van der Waals surface area contributed by atoms with E-state index < -0.39 is 0 Å². The van der Waals surface area contributed by atoms with E-state index in [1.807, 2.05) is 36.5 Å². The van der Waals surface area contributed by atoms with E-state index in [-0.39, 0.29) is 22.7 Å². The Bertz CT molecular complexity index is 1680. The molecule has 206 valence electrons. The lowest BCUT2D eigenvalue weighted by molar-refractivity contribution is -0.384.